The molecule has 0 spiro atoms. The maximum atomic E-state index is 11.6. The second-order valence-electron chi connectivity index (χ2n) is 7.31. The molecule has 0 aliphatic heterocycles. The van der Waals surface area contributed by atoms with E-state index in [0.29, 0.717) is 35.6 Å². The van der Waals surface area contributed by atoms with Crippen molar-refractivity contribution in [3.63, 3.8) is 0 Å². The van der Waals surface area contributed by atoms with Crippen molar-refractivity contribution >= 4 is 34.7 Å². The van der Waals surface area contributed by atoms with Crippen molar-refractivity contribution in [1.29, 1.82) is 0 Å². The van der Waals surface area contributed by atoms with E-state index in [4.69, 9.17) is 9.47 Å². The number of hydrogen-bond donors (Lipinski definition) is 0. The van der Waals surface area contributed by atoms with E-state index in [9.17, 15) is 19.7 Å². The Hall–Kier alpha value is -4.34. The van der Waals surface area contributed by atoms with Crippen molar-refractivity contribution in [2.24, 2.45) is 10.2 Å². The molecule has 0 bridgehead atoms. The molecule has 34 heavy (non-hydrogen) atoms. The van der Waals surface area contributed by atoms with E-state index in [0.717, 1.165) is 5.69 Å². The summed E-state index contributed by atoms with van der Waals surface area (Å²) in [7, 11) is 0. The summed E-state index contributed by atoms with van der Waals surface area (Å²) in [5, 5.41) is 18.9. The highest BCUT2D eigenvalue weighted by atomic mass is 16.6. The summed E-state index contributed by atoms with van der Waals surface area (Å²) in [4.78, 5) is 35.4. The number of azo groups is 1. The van der Waals surface area contributed by atoms with Crippen LogP contribution in [0.15, 0.2) is 83.1 Å². The van der Waals surface area contributed by atoms with Crippen molar-refractivity contribution < 1.29 is 24.0 Å². The highest BCUT2D eigenvalue weighted by Gasteiger charge is 2.11. The molecule has 10 heteroatoms. The van der Waals surface area contributed by atoms with Gasteiger partial charge in [0.25, 0.3) is 5.69 Å². The van der Waals surface area contributed by atoms with Gasteiger partial charge >= 0.3 is 11.9 Å². The number of carbonyl (C=O) groups is 2. The quantitative estimate of drug-likeness (QED) is 0.141. The summed E-state index contributed by atoms with van der Waals surface area (Å²) < 4.78 is 10.4. The molecule has 0 unspecified atom stereocenters. The van der Waals surface area contributed by atoms with Crippen LogP contribution < -0.4 is 4.90 Å². The Morgan fingerprint density at radius 2 is 1.26 bits per heavy atom. The lowest BCUT2D eigenvalue weighted by Gasteiger charge is -2.24. The van der Waals surface area contributed by atoms with Gasteiger partial charge in [-0.25, -0.2) is 9.59 Å². The van der Waals surface area contributed by atoms with Crippen LogP contribution in [-0.4, -0.2) is 43.2 Å². The average Bonchev–Trinajstić information content (AvgIpc) is 2.82. The largest absolute Gasteiger partial charge is 0.460 e. The summed E-state index contributed by atoms with van der Waals surface area (Å²) in [6, 6.07) is 12.9. The van der Waals surface area contributed by atoms with E-state index in [1.54, 1.807) is 26.0 Å². The van der Waals surface area contributed by atoms with Crippen molar-refractivity contribution in [1.82, 2.24) is 0 Å². The molecular formula is C24H26N4O6. The Kier molecular flexibility index (Phi) is 9.63. The zero-order valence-electron chi connectivity index (χ0n) is 19.1. The molecule has 0 aliphatic carbocycles. The van der Waals surface area contributed by atoms with E-state index in [-0.39, 0.29) is 18.9 Å². The molecule has 2 rings (SSSR count). The third-order valence-corrected chi connectivity index (χ3v) is 4.44. The lowest BCUT2D eigenvalue weighted by Crippen LogP contribution is -2.32. The number of benzene rings is 2. The molecule has 10 nitrogen and oxygen atoms in total. The Bertz CT molecular complexity index is 1050. The first-order valence-electron chi connectivity index (χ1n) is 10.3. The highest BCUT2D eigenvalue weighted by Crippen LogP contribution is 2.23. The van der Waals surface area contributed by atoms with Crippen LogP contribution in [0, 0.1) is 10.1 Å². The molecule has 0 amide bonds. The molecule has 0 radical (unpaired) electrons. The van der Waals surface area contributed by atoms with Gasteiger partial charge in [-0.3, -0.25) is 10.1 Å². The summed E-state index contributed by atoms with van der Waals surface area (Å²) in [6.45, 7) is 11.2. The van der Waals surface area contributed by atoms with Gasteiger partial charge in [-0.2, -0.15) is 10.2 Å². The topological polar surface area (TPSA) is 124 Å². The summed E-state index contributed by atoms with van der Waals surface area (Å²) in [5.74, 6) is -0.952. The first kappa shape index (κ1) is 25.9. The van der Waals surface area contributed by atoms with Crippen molar-refractivity contribution in [3.8, 4) is 0 Å². The molecule has 0 N–H and O–H groups in total. The normalized spacial score (nSPS) is 10.5. The molecule has 0 aliphatic rings. The molecule has 2 aromatic rings. The van der Waals surface area contributed by atoms with Crippen LogP contribution >= 0.6 is 0 Å². The van der Waals surface area contributed by atoms with E-state index in [1.807, 2.05) is 17.0 Å². The minimum Gasteiger partial charge on any atom is -0.460 e. The lowest BCUT2D eigenvalue weighted by molar-refractivity contribution is -0.384. The van der Waals surface area contributed by atoms with Gasteiger partial charge in [-0.1, -0.05) is 13.2 Å². The third kappa shape index (κ3) is 8.30. The Morgan fingerprint density at radius 1 is 0.853 bits per heavy atom. The number of nitrogens with zero attached hydrogens (tertiary/aromatic N) is 4. The summed E-state index contributed by atoms with van der Waals surface area (Å²) in [6.07, 6.45) is 0. The highest BCUT2D eigenvalue weighted by molar-refractivity contribution is 5.87. The number of anilines is 1. The van der Waals surface area contributed by atoms with Crippen LogP contribution in [0.3, 0.4) is 0 Å². The number of carbonyl (C=O) groups excluding carboxylic acids is 2. The van der Waals surface area contributed by atoms with Gasteiger partial charge in [0.15, 0.2) is 0 Å². The molecule has 178 valence electrons. The number of ether oxygens (including phenoxy) is 2. The first-order chi connectivity index (χ1) is 16.2. The standard InChI is InChI=1S/C24H26N4O6/c1-17(2)23(29)33-15-13-27(14-16-34-24(30)18(3)4)21-9-5-19(6-10-21)25-26-20-7-11-22(12-8-20)28(31)32/h5-12H,1,3,13-16H2,2,4H3/b26-25+. The van der Waals surface area contributed by atoms with Crippen LogP contribution in [0.1, 0.15) is 13.8 Å². The Morgan fingerprint density at radius 3 is 1.65 bits per heavy atom. The molecule has 0 atom stereocenters. The zero-order chi connectivity index (χ0) is 25.1. The number of nitro groups is 1. The molecule has 0 aromatic heterocycles. The van der Waals surface area contributed by atoms with Gasteiger partial charge in [0.2, 0.25) is 0 Å². The van der Waals surface area contributed by atoms with Crippen LogP contribution in [-0.2, 0) is 19.1 Å². The average molecular weight is 466 g/mol. The lowest BCUT2D eigenvalue weighted by atomic mass is 10.2. The van der Waals surface area contributed by atoms with Gasteiger partial charge < -0.3 is 14.4 Å². The Balaban J connectivity index is 2.05. The van der Waals surface area contributed by atoms with Gasteiger partial charge in [0.1, 0.15) is 13.2 Å². The predicted molar refractivity (Wildman–Crippen MR) is 127 cm³/mol. The minimum atomic E-state index is -0.482. The van der Waals surface area contributed by atoms with Gasteiger partial charge in [-0.15, -0.1) is 0 Å². The van der Waals surface area contributed by atoms with Gasteiger partial charge in [-0.05, 0) is 50.2 Å². The first-order valence-corrected chi connectivity index (χ1v) is 10.3. The zero-order valence-corrected chi connectivity index (χ0v) is 19.1. The fraction of sp³-hybridized carbons (Fsp3) is 0.250. The van der Waals surface area contributed by atoms with Crippen LogP contribution in [0.2, 0.25) is 0 Å². The van der Waals surface area contributed by atoms with Crippen LogP contribution in [0.5, 0.6) is 0 Å². The Labute approximate surface area is 197 Å². The fourth-order valence-corrected chi connectivity index (χ4v) is 2.60. The van der Waals surface area contributed by atoms with Crippen molar-refractivity contribution in [3.05, 3.63) is 82.9 Å². The van der Waals surface area contributed by atoms with Gasteiger partial charge in [0, 0.05) is 29.0 Å². The summed E-state index contributed by atoms with van der Waals surface area (Å²) in [5.41, 5.74) is 2.45. The van der Waals surface area contributed by atoms with Gasteiger partial charge in [0.05, 0.1) is 29.4 Å². The van der Waals surface area contributed by atoms with Crippen LogP contribution in [0.25, 0.3) is 0 Å². The van der Waals surface area contributed by atoms with E-state index in [2.05, 4.69) is 23.4 Å². The van der Waals surface area contributed by atoms with E-state index < -0.39 is 16.9 Å². The minimum absolute atomic E-state index is 0.0220. The van der Waals surface area contributed by atoms with E-state index >= 15 is 0 Å². The molecule has 0 saturated carbocycles. The number of non-ortho nitro benzene ring substituents is 1. The maximum absolute atomic E-state index is 11.6. The van der Waals surface area contributed by atoms with E-state index in [1.165, 1.54) is 24.3 Å². The molecule has 0 fully saturated rings. The number of hydrogen-bond acceptors (Lipinski definition) is 9. The molecule has 0 saturated heterocycles. The van der Waals surface area contributed by atoms with Crippen molar-refractivity contribution in [2.45, 2.75) is 13.8 Å². The number of nitro benzene ring substituents is 1. The predicted octanol–water partition coefficient (Wildman–Crippen LogP) is 5.06. The number of esters is 2. The van der Waals surface area contributed by atoms with Crippen molar-refractivity contribution in [2.75, 3.05) is 31.2 Å². The molecule has 0 heterocycles. The monoisotopic (exact) mass is 466 g/mol. The van der Waals surface area contributed by atoms with Crippen LogP contribution in [0.4, 0.5) is 22.7 Å². The smallest absolute Gasteiger partial charge is 0.333 e. The maximum Gasteiger partial charge on any atom is 0.333 e. The second-order valence-corrected chi connectivity index (χ2v) is 7.31. The second kappa shape index (κ2) is 12.6. The molecular weight excluding hydrogens is 440 g/mol. The SMILES string of the molecule is C=C(C)C(=O)OCCN(CCOC(=O)C(=C)C)c1ccc(/N=N/c2ccc([N+](=O)[O-])cc2)cc1. The number of rotatable bonds is 12. The fourth-order valence-electron chi connectivity index (χ4n) is 2.60. The summed E-state index contributed by atoms with van der Waals surface area (Å²) >= 11 is 0. The third-order valence-electron chi connectivity index (χ3n) is 4.44. The molecule has 2 aromatic carbocycles.